The van der Waals surface area contributed by atoms with Crippen LogP contribution in [0.4, 0.5) is 5.69 Å². The van der Waals surface area contributed by atoms with Gasteiger partial charge in [0.2, 0.25) is 0 Å². The van der Waals surface area contributed by atoms with Gasteiger partial charge in [0.1, 0.15) is 0 Å². The third-order valence-electron chi connectivity index (χ3n) is 5.12. The maximum Gasteiger partial charge on any atom is 0.0716 e. The molecule has 0 atom stereocenters. The Hall–Kier alpha value is -2.58. The average molecular weight is 342 g/mol. The molecule has 2 nitrogen and oxygen atoms in total. The van der Waals surface area contributed by atoms with E-state index in [9.17, 15) is 0 Å². The Labute approximate surface area is 156 Å². The molecule has 3 aromatic rings. The molecule has 1 heterocycles. The summed E-state index contributed by atoms with van der Waals surface area (Å²) in [7, 11) is 0. The summed E-state index contributed by atoms with van der Waals surface area (Å²) < 4.78 is 0. The summed E-state index contributed by atoms with van der Waals surface area (Å²) in [4.78, 5) is 5.03. The molecule has 4 rings (SSSR count). The molecule has 0 bridgehead atoms. The normalized spacial score (nSPS) is 14.3. The van der Waals surface area contributed by atoms with Crippen LogP contribution in [-0.2, 0) is 19.6 Å². The fraction of sp³-hybridized carbons (Fsp3) is 0.250. The van der Waals surface area contributed by atoms with Crippen LogP contribution < -0.4 is 4.90 Å². The number of hydrogen-bond donors (Lipinski definition) is 0. The van der Waals surface area contributed by atoms with E-state index in [0.717, 1.165) is 26.3 Å². The van der Waals surface area contributed by atoms with Crippen molar-refractivity contribution in [2.75, 3.05) is 11.6 Å². The van der Waals surface area contributed by atoms with Crippen molar-refractivity contribution >= 4 is 5.69 Å². The van der Waals surface area contributed by atoms with Gasteiger partial charge >= 0.3 is 0 Å². The maximum atomic E-state index is 2.53. The predicted molar refractivity (Wildman–Crippen MR) is 109 cm³/mol. The summed E-state index contributed by atoms with van der Waals surface area (Å²) >= 11 is 0. The van der Waals surface area contributed by atoms with Crippen molar-refractivity contribution in [3.05, 3.63) is 101 Å². The van der Waals surface area contributed by atoms with E-state index in [0.29, 0.717) is 0 Å². The molecular formula is C24H26N2. The van der Waals surface area contributed by atoms with Crippen LogP contribution in [0.3, 0.4) is 0 Å². The number of benzene rings is 3. The van der Waals surface area contributed by atoms with Crippen molar-refractivity contribution < 1.29 is 0 Å². The molecule has 0 fully saturated rings. The molecule has 1 aliphatic rings. The lowest BCUT2D eigenvalue weighted by atomic mass is 10.1. The Morgan fingerprint density at radius 3 is 1.92 bits per heavy atom. The zero-order valence-electron chi connectivity index (χ0n) is 15.7. The van der Waals surface area contributed by atoms with Crippen LogP contribution >= 0.6 is 0 Å². The highest BCUT2D eigenvalue weighted by atomic mass is 15.3. The van der Waals surface area contributed by atoms with Gasteiger partial charge in [0.15, 0.2) is 0 Å². The van der Waals surface area contributed by atoms with E-state index in [1.54, 1.807) is 0 Å². The van der Waals surface area contributed by atoms with Crippen molar-refractivity contribution in [2.45, 2.75) is 33.5 Å². The number of anilines is 1. The number of rotatable bonds is 4. The molecule has 0 spiro atoms. The lowest BCUT2D eigenvalue weighted by molar-refractivity contribution is 0.242. The van der Waals surface area contributed by atoms with E-state index >= 15 is 0 Å². The van der Waals surface area contributed by atoms with Gasteiger partial charge in [-0.2, -0.15) is 0 Å². The topological polar surface area (TPSA) is 6.48 Å². The van der Waals surface area contributed by atoms with Crippen LogP contribution in [0.1, 0.15) is 27.8 Å². The predicted octanol–water partition coefficient (Wildman–Crippen LogP) is 5.28. The van der Waals surface area contributed by atoms with Gasteiger partial charge in [-0.25, -0.2) is 0 Å². The summed E-state index contributed by atoms with van der Waals surface area (Å²) in [5.41, 5.74) is 8.16. The summed E-state index contributed by atoms with van der Waals surface area (Å²) in [6.07, 6.45) is 0. The molecule has 0 aromatic heterocycles. The minimum atomic E-state index is 0.946. The molecule has 0 saturated heterocycles. The first-order valence-electron chi connectivity index (χ1n) is 9.34. The van der Waals surface area contributed by atoms with Crippen LogP contribution in [0.2, 0.25) is 0 Å². The molecule has 132 valence electrons. The van der Waals surface area contributed by atoms with Gasteiger partial charge in [-0.15, -0.1) is 0 Å². The fourth-order valence-corrected chi connectivity index (χ4v) is 3.67. The number of aryl methyl sites for hydroxylation is 2. The van der Waals surface area contributed by atoms with Gasteiger partial charge < -0.3 is 4.90 Å². The second-order valence-electron chi connectivity index (χ2n) is 7.43. The molecule has 0 N–H and O–H groups in total. The molecule has 0 amide bonds. The van der Waals surface area contributed by atoms with Gasteiger partial charge in [0.05, 0.1) is 6.67 Å². The Bertz CT molecular complexity index is 865. The third-order valence-corrected chi connectivity index (χ3v) is 5.12. The molecule has 0 saturated carbocycles. The summed E-state index contributed by atoms with van der Waals surface area (Å²) in [6, 6.07) is 26.6. The van der Waals surface area contributed by atoms with Crippen LogP contribution in [0.25, 0.3) is 0 Å². The zero-order chi connectivity index (χ0) is 17.9. The van der Waals surface area contributed by atoms with Crippen molar-refractivity contribution in [1.29, 1.82) is 0 Å². The van der Waals surface area contributed by atoms with Crippen LogP contribution in [0.15, 0.2) is 72.8 Å². The van der Waals surface area contributed by atoms with Crippen LogP contribution in [-0.4, -0.2) is 11.6 Å². The Morgan fingerprint density at radius 1 is 0.692 bits per heavy atom. The van der Waals surface area contributed by atoms with Gasteiger partial charge in [0, 0.05) is 25.3 Å². The summed E-state index contributed by atoms with van der Waals surface area (Å²) in [5, 5.41) is 0. The highest BCUT2D eigenvalue weighted by molar-refractivity contribution is 5.55. The Balaban J connectivity index is 1.56. The van der Waals surface area contributed by atoms with Crippen molar-refractivity contribution in [2.24, 2.45) is 0 Å². The number of hydrogen-bond acceptors (Lipinski definition) is 2. The quantitative estimate of drug-likeness (QED) is 0.636. The van der Waals surface area contributed by atoms with Crippen molar-refractivity contribution in [3.63, 3.8) is 0 Å². The van der Waals surface area contributed by atoms with E-state index in [-0.39, 0.29) is 0 Å². The largest absolute Gasteiger partial charge is 0.354 e. The molecule has 1 aliphatic heterocycles. The first-order chi connectivity index (χ1) is 12.7. The second kappa shape index (κ2) is 7.35. The molecule has 2 heteroatoms. The summed E-state index contributed by atoms with van der Waals surface area (Å²) in [6.45, 7) is 8.18. The smallest absolute Gasteiger partial charge is 0.0716 e. The standard InChI is InChI=1S/C24H26N2/c1-19-7-11-21(12-8-19)15-25-17-23-5-3-4-6-24(23)26(18-25)16-22-13-9-20(2)10-14-22/h3-14H,15-18H2,1-2H3. The van der Waals surface area contributed by atoms with Crippen LogP contribution in [0.5, 0.6) is 0 Å². The lowest BCUT2D eigenvalue weighted by Gasteiger charge is -2.38. The second-order valence-corrected chi connectivity index (χ2v) is 7.43. The zero-order valence-corrected chi connectivity index (χ0v) is 15.7. The number of nitrogens with zero attached hydrogens (tertiary/aromatic N) is 2. The van der Waals surface area contributed by atoms with Gasteiger partial charge in [0.25, 0.3) is 0 Å². The van der Waals surface area contributed by atoms with Gasteiger partial charge in [-0.05, 0) is 36.6 Å². The van der Waals surface area contributed by atoms with E-state index in [1.165, 1.54) is 33.5 Å². The first-order valence-corrected chi connectivity index (χ1v) is 9.34. The molecular weight excluding hydrogens is 316 g/mol. The highest BCUT2D eigenvalue weighted by Gasteiger charge is 2.22. The molecule has 0 unspecified atom stereocenters. The molecule has 26 heavy (non-hydrogen) atoms. The monoisotopic (exact) mass is 342 g/mol. The first kappa shape index (κ1) is 16.9. The maximum absolute atomic E-state index is 2.53. The van der Waals surface area contributed by atoms with Gasteiger partial charge in [-0.3, -0.25) is 4.90 Å². The van der Waals surface area contributed by atoms with E-state index in [4.69, 9.17) is 0 Å². The van der Waals surface area contributed by atoms with E-state index in [2.05, 4.69) is 96.4 Å². The Kier molecular flexibility index (Phi) is 4.77. The van der Waals surface area contributed by atoms with Crippen molar-refractivity contribution in [1.82, 2.24) is 4.90 Å². The lowest BCUT2D eigenvalue weighted by Crippen LogP contribution is -2.41. The fourth-order valence-electron chi connectivity index (χ4n) is 3.67. The van der Waals surface area contributed by atoms with E-state index < -0.39 is 0 Å². The molecule has 0 radical (unpaired) electrons. The SMILES string of the molecule is Cc1ccc(CN2Cc3ccccc3N(Cc3ccc(C)cc3)C2)cc1. The minimum absolute atomic E-state index is 0.946. The van der Waals surface area contributed by atoms with Gasteiger partial charge in [-0.1, -0.05) is 77.9 Å². The minimum Gasteiger partial charge on any atom is -0.354 e. The number of para-hydroxylation sites is 1. The molecule has 3 aromatic carbocycles. The Morgan fingerprint density at radius 2 is 1.27 bits per heavy atom. The summed E-state index contributed by atoms with van der Waals surface area (Å²) in [5.74, 6) is 0. The highest BCUT2D eigenvalue weighted by Crippen LogP contribution is 2.29. The average Bonchev–Trinajstić information content (AvgIpc) is 2.65. The number of fused-ring (bicyclic) bond motifs is 1. The van der Waals surface area contributed by atoms with Crippen molar-refractivity contribution in [3.8, 4) is 0 Å². The molecule has 0 aliphatic carbocycles. The van der Waals surface area contributed by atoms with E-state index in [1.807, 2.05) is 0 Å². The third kappa shape index (κ3) is 3.81. The van der Waals surface area contributed by atoms with Crippen LogP contribution in [0, 0.1) is 13.8 Å².